The van der Waals surface area contributed by atoms with E-state index in [4.69, 9.17) is 5.41 Å². The van der Waals surface area contributed by atoms with Crippen LogP contribution in [-0.2, 0) is 0 Å². The number of hydrogen-bond donors (Lipinski definition) is 2. The van der Waals surface area contributed by atoms with Crippen molar-refractivity contribution >= 4 is 12.4 Å². The molecule has 0 aromatic rings. The Kier molecular flexibility index (Phi) is 5.83. The van der Waals surface area contributed by atoms with Crippen LogP contribution in [0.1, 0.15) is 0 Å². The third-order valence-corrected chi connectivity index (χ3v) is 1.25. The molecule has 0 saturated carbocycles. The van der Waals surface area contributed by atoms with Gasteiger partial charge in [-0.25, -0.2) is 0 Å². The number of aliphatic imine (C=N–C) groups is 1. The summed E-state index contributed by atoms with van der Waals surface area (Å²) in [6, 6.07) is 0. The van der Waals surface area contributed by atoms with Crippen molar-refractivity contribution in [2.24, 2.45) is 4.99 Å². The maximum Gasteiger partial charge on any atom is 1.00 e. The fourth-order valence-corrected chi connectivity index (χ4v) is 0.668. The van der Waals surface area contributed by atoms with E-state index in [-0.39, 0.29) is 57.2 Å². The molecule has 0 spiro atoms. The van der Waals surface area contributed by atoms with E-state index in [9.17, 15) is 13.2 Å². The average Bonchev–Trinajstić information content (AvgIpc) is 2.04. The van der Waals surface area contributed by atoms with Gasteiger partial charge in [0.05, 0.1) is 5.57 Å². The van der Waals surface area contributed by atoms with Gasteiger partial charge in [0.2, 0.25) is 0 Å². The molecule has 7 heteroatoms. The number of nitrogens with zero attached hydrogens (tertiary/aromatic N) is 1. The van der Waals surface area contributed by atoms with E-state index in [0.717, 1.165) is 12.3 Å². The Hall–Kier alpha value is 0.0464. The largest absolute Gasteiger partial charge is 1.00 e. The predicted octanol–water partition coefficient (Wildman–Crippen LogP) is -1.52. The van der Waals surface area contributed by atoms with E-state index in [0.29, 0.717) is 6.21 Å². The van der Waals surface area contributed by atoms with Crippen molar-refractivity contribution in [1.29, 1.82) is 5.41 Å². The van der Waals surface area contributed by atoms with Gasteiger partial charge in [0, 0.05) is 6.21 Å². The van der Waals surface area contributed by atoms with Gasteiger partial charge in [-0.15, -0.1) is 0 Å². The van der Waals surface area contributed by atoms with E-state index in [2.05, 4.69) is 10.3 Å². The summed E-state index contributed by atoms with van der Waals surface area (Å²) in [6.45, 7) is 0. The van der Waals surface area contributed by atoms with Crippen molar-refractivity contribution in [3.63, 3.8) is 0 Å². The first-order valence-corrected chi connectivity index (χ1v) is 3.24. The molecule has 70 valence electrons. The first-order chi connectivity index (χ1) is 6.04. The van der Waals surface area contributed by atoms with Crippen LogP contribution in [0.4, 0.5) is 13.2 Å². The number of nitrogens with one attached hydrogen (secondary N) is 2. The van der Waals surface area contributed by atoms with Crippen LogP contribution in [0.2, 0.25) is 0 Å². The van der Waals surface area contributed by atoms with Crippen molar-refractivity contribution in [2.75, 3.05) is 0 Å². The monoisotopic (exact) mass is 227 g/mol. The Bertz CT molecular complexity index is 304. The summed E-state index contributed by atoms with van der Waals surface area (Å²) in [5.74, 6) is 0.156. The zero-order valence-corrected chi connectivity index (χ0v) is 10.4. The minimum atomic E-state index is -4.39. The van der Waals surface area contributed by atoms with Crippen LogP contribution in [0.5, 0.6) is 0 Å². The predicted molar refractivity (Wildman–Crippen MR) is 41.6 cm³/mol. The van der Waals surface area contributed by atoms with Gasteiger partial charge >= 0.3 is 57.6 Å². The molecule has 3 nitrogen and oxygen atoms in total. The number of rotatable bonds is 1. The average molecular weight is 227 g/mol. The molecule has 0 atom stereocenters. The second-order valence-electron chi connectivity index (χ2n) is 2.17. The summed E-state index contributed by atoms with van der Waals surface area (Å²) in [5, 5.41) is 8.80. The van der Waals surface area contributed by atoms with Crippen molar-refractivity contribution in [1.82, 2.24) is 5.32 Å². The summed E-state index contributed by atoms with van der Waals surface area (Å²) < 4.78 is 35.9. The normalized spacial score (nSPS) is 18.2. The van der Waals surface area contributed by atoms with Crippen molar-refractivity contribution < 1.29 is 64.6 Å². The molecule has 1 aliphatic rings. The van der Waals surface area contributed by atoms with Crippen LogP contribution in [0.15, 0.2) is 28.7 Å². The van der Waals surface area contributed by atoms with Gasteiger partial charge in [0.15, 0.2) is 0 Å². The molecule has 1 aliphatic heterocycles. The topological polar surface area (TPSA) is 48.2 Å². The molecule has 0 aromatic heterocycles. The molecule has 0 fully saturated rings. The molecule has 1 rings (SSSR count). The molecule has 1 heterocycles. The van der Waals surface area contributed by atoms with E-state index in [1.807, 2.05) is 6.21 Å². The molecule has 2 N–H and O–H groups in total. The standard InChI is InChI=1S/C7H5F3N3.K/c8-7(9,10)5-3-12-6(1-2-11)13-4-5;/h1,3-4,11-12H;/q-1;+1/b6-1+;. The number of halogens is 3. The van der Waals surface area contributed by atoms with Gasteiger partial charge in [-0.1, -0.05) is 0 Å². The Morgan fingerprint density at radius 1 is 1.50 bits per heavy atom. The van der Waals surface area contributed by atoms with Gasteiger partial charge in [-0.05, 0) is 12.0 Å². The number of hydrogen-bond acceptors (Lipinski definition) is 3. The van der Waals surface area contributed by atoms with Crippen LogP contribution in [0.3, 0.4) is 0 Å². The van der Waals surface area contributed by atoms with Crippen molar-refractivity contribution in [2.45, 2.75) is 6.18 Å². The minimum absolute atomic E-state index is 0. The second-order valence-corrected chi connectivity index (χ2v) is 2.17. The summed E-state index contributed by atoms with van der Waals surface area (Å²) in [5.41, 5.74) is -0.852. The summed E-state index contributed by atoms with van der Waals surface area (Å²) in [6.07, 6.45) is 0.107. The third kappa shape index (κ3) is 4.05. The minimum Gasteiger partial charge on any atom is -0.424 e. The third-order valence-electron chi connectivity index (χ3n) is 1.25. The van der Waals surface area contributed by atoms with Crippen molar-refractivity contribution in [3.8, 4) is 0 Å². The maximum atomic E-state index is 12.0. The first kappa shape index (κ1) is 14.0. The van der Waals surface area contributed by atoms with Gasteiger partial charge in [0.25, 0.3) is 0 Å². The molecule has 0 unspecified atom stereocenters. The van der Waals surface area contributed by atoms with Crippen LogP contribution >= 0.6 is 0 Å². The van der Waals surface area contributed by atoms with Crippen LogP contribution in [-0.4, -0.2) is 18.6 Å². The van der Waals surface area contributed by atoms with Crippen LogP contribution in [0.25, 0.3) is 0 Å². The van der Waals surface area contributed by atoms with E-state index >= 15 is 0 Å². The summed E-state index contributed by atoms with van der Waals surface area (Å²) >= 11 is 0. The van der Waals surface area contributed by atoms with Gasteiger partial charge in [-0.2, -0.15) is 25.5 Å². The molecule has 0 amide bonds. The number of alkyl halides is 3. The van der Waals surface area contributed by atoms with Crippen LogP contribution < -0.4 is 56.7 Å². The Morgan fingerprint density at radius 3 is 2.50 bits per heavy atom. The molecule has 0 bridgehead atoms. The quantitative estimate of drug-likeness (QED) is 0.319. The summed E-state index contributed by atoms with van der Waals surface area (Å²) in [4.78, 5) is 3.42. The van der Waals surface area contributed by atoms with Crippen LogP contribution in [0, 0.1) is 5.41 Å². The van der Waals surface area contributed by atoms with E-state index in [1.165, 1.54) is 0 Å². The first-order valence-electron chi connectivity index (χ1n) is 3.24. The molecule has 0 radical (unpaired) electrons. The SMILES string of the molecule is N=[C-]/C=C1/N=CC(C(F)(F)F)=CN1.[K+]. The summed E-state index contributed by atoms with van der Waals surface area (Å²) in [7, 11) is 0. The zero-order chi connectivity index (χ0) is 9.90. The molecule has 0 aliphatic carbocycles. The second kappa shape index (κ2) is 5.81. The molecule has 0 saturated heterocycles. The molecule has 14 heavy (non-hydrogen) atoms. The Labute approximate surface area is 121 Å². The molecular weight excluding hydrogens is 222 g/mol. The fraction of sp³-hybridized carbons (Fsp3) is 0.143. The Balaban J connectivity index is 0.00000169. The van der Waals surface area contributed by atoms with Gasteiger partial charge in [0.1, 0.15) is 0 Å². The smallest absolute Gasteiger partial charge is 0.424 e. The van der Waals surface area contributed by atoms with Gasteiger partial charge < -0.3 is 15.7 Å². The van der Waals surface area contributed by atoms with E-state index < -0.39 is 11.7 Å². The zero-order valence-electron chi connectivity index (χ0n) is 7.31. The molecule has 0 aromatic carbocycles. The van der Waals surface area contributed by atoms with Gasteiger partial charge in [-0.3, -0.25) is 0 Å². The van der Waals surface area contributed by atoms with E-state index in [1.54, 1.807) is 0 Å². The Morgan fingerprint density at radius 2 is 2.14 bits per heavy atom. The number of allylic oxidation sites excluding steroid dienone is 2. The molecular formula is C7H5F3KN3. The fourth-order valence-electron chi connectivity index (χ4n) is 0.668. The van der Waals surface area contributed by atoms with Crippen molar-refractivity contribution in [3.05, 3.63) is 23.7 Å². The maximum absolute atomic E-state index is 12.0.